The van der Waals surface area contributed by atoms with Crippen LogP contribution in [0.2, 0.25) is 0 Å². The molecule has 1 aromatic rings. The van der Waals surface area contributed by atoms with Gasteiger partial charge in [0, 0.05) is 12.1 Å². The molecule has 0 aliphatic carbocycles. The molecular weight excluding hydrogens is 244 g/mol. The Bertz CT molecular complexity index is 470. The van der Waals surface area contributed by atoms with Gasteiger partial charge < -0.3 is 15.7 Å². The number of aryl methyl sites for hydroxylation is 1. The molecule has 1 heterocycles. The van der Waals surface area contributed by atoms with Crippen molar-refractivity contribution >= 4 is 17.6 Å². The molecule has 1 saturated heterocycles. The molecular formula is C14H18N2O3. The lowest BCUT2D eigenvalue weighted by molar-refractivity contribution is -0.139. The van der Waals surface area contributed by atoms with Crippen molar-refractivity contribution < 1.29 is 14.7 Å². The highest BCUT2D eigenvalue weighted by Crippen LogP contribution is 2.19. The van der Waals surface area contributed by atoms with E-state index < -0.39 is 12.0 Å². The number of rotatable bonds is 4. The van der Waals surface area contributed by atoms with E-state index in [1.165, 1.54) is 0 Å². The van der Waals surface area contributed by atoms with E-state index in [1.807, 2.05) is 31.2 Å². The molecule has 1 aliphatic heterocycles. The number of carbonyl (C=O) groups excluding carboxylic acids is 1. The zero-order valence-corrected chi connectivity index (χ0v) is 10.8. The van der Waals surface area contributed by atoms with E-state index in [1.54, 1.807) is 0 Å². The van der Waals surface area contributed by atoms with Crippen molar-refractivity contribution in [2.24, 2.45) is 5.92 Å². The number of carboxylic acid groups (broad SMARTS) is 1. The lowest BCUT2D eigenvalue weighted by atomic mass is 10.0. The normalized spacial score (nSPS) is 22.2. The Kier molecular flexibility index (Phi) is 4.16. The third-order valence-corrected chi connectivity index (χ3v) is 3.33. The van der Waals surface area contributed by atoms with Crippen LogP contribution in [0.3, 0.4) is 0 Å². The molecule has 5 heteroatoms. The first kappa shape index (κ1) is 13.5. The van der Waals surface area contributed by atoms with Gasteiger partial charge in [-0.25, -0.2) is 0 Å². The molecule has 0 spiro atoms. The zero-order valence-electron chi connectivity index (χ0n) is 10.8. The van der Waals surface area contributed by atoms with Crippen LogP contribution < -0.4 is 10.6 Å². The van der Waals surface area contributed by atoms with Crippen LogP contribution in [0, 0.1) is 12.8 Å². The van der Waals surface area contributed by atoms with Gasteiger partial charge in [0.1, 0.15) is 6.04 Å². The summed E-state index contributed by atoms with van der Waals surface area (Å²) in [5, 5.41) is 14.6. The summed E-state index contributed by atoms with van der Waals surface area (Å²) in [6.45, 7) is 2.57. The number of benzene rings is 1. The van der Waals surface area contributed by atoms with Gasteiger partial charge in [0.2, 0.25) is 5.91 Å². The Morgan fingerprint density at radius 3 is 2.63 bits per heavy atom. The van der Waals surface area contributed by atoms with E-state index in [4.69, 9.17) is 5.11 Å². The maximum Gasteiger partial charge on any atom is 0.320 e. The van der Waals surface area contributed by atoms with Crippen LogP contribution >= 0.6 is 0 Å². The van der Waals surface area contributed by atoms with Crippen LogP contribution in [-0.2, 0) is 9.59 Å². The van der Waals surface area contributed by atoms with E-state index in [-0.39, 0.29) is 11.8 Å². The first-order valence-corrected chi connectivity index (χ1v) is 6.37. The second-order valence-electron chi connectivity index (χ2n) is 5.02. The van der Waals surface area contributed by atoms with Crippen LogP contribution in [0.15, 0.2) is 24.3 Å². The monoisotopic (exact) mass is 262 g/mol. The summed E-state index contributed by atoms with van der Waals surface area (Å²) in [5.41, 5.74) is 1.92. The lowest BCUT2D eigenvalue weighted by Crippen LogP contribution is -2.29. The third-order valence-electron chi connectivity index (χ3n) is 3.33. The predicted molar refractivity (Wildman–Crippen MR) is 72.0 cm³/mol. The molecule has 19 heavy (non-hydrogen) atoms. The molecule has 0 saturated carbocycles. The molecule has 1 aliphatic rings. The van der Waals surface area contributed by atoms with Crippen molar-refractivity contribution in [3.05, 3.63) is 29.8 Å². The SMILES string of the molecule is Cc1ccc(NC(=O)CC2CNC(C(=O)O)C2)cc1. The first-order chi connectivity index (χ1) is 9.04. The number of nitrogens with one attached hydrogen (secondary N) is 2. The number of carboxylic acids is 1. The fourth-order valence-corrected chi connectivity index (χ4v) is 2.26. The van der Waals surface area contributed by atoms with Crippen molar-refractivity contribution in [2.75, 3.05) is 11.9 Å². The smallest absolute Gasteiger partial charge is 0.320 e. The largest absolute Gasteiger partial charge is 0.480 e. The third kappa shape index (κ3) is 3.79. The molecule has 2 rings (SSSR count). The summed E-state index contributed by atoms with van der Waals surface area (Å²) in [6, 6.07) is 7.08. The average Bonchev–Trinajstić information content (AvgIpc) is 2.80. The lowest BCUT2D eigenvalue weighted by Gasteiger charge is -2.09. The van der Waals surface area contributed by atoms with Crippen LogP contribution in [0.4, 0.5) is 5.69 Å². The summed E-state index contributed by atoms with van der Waals surface area (Å²) in [6.07, 6.45) is 0.862. The van der Waals surface area contributed by atoms with Gasteiger partial charge in [-0.3, -0.25) is 9.59 Å². The first-order valence-electron chi connectivity index (χ1n) is 6.37. The fraction of sp³-hybridized carbons (Fsp3) is 0.429. The van der Waals surface area contributed by atoms with Gasteiger partial charge >= 0.3 is 5.97 Å². The van der Waals surface area contributed by atoms with Gasteiger partial charge in [0.05, 0.1) is 0 Å². The molecule has 0 bridgehead atoms. The maximum absolute atomic E-state index is 11.8. The number of amides is 1. The zero-order chi connectivity index (χ0) is 13.8. The summed E-state index contributed by atoms with van der Waals surface area (Å²) < 4.78 is 0. The number of aliphatic carboxylic acids is 1. The number of anilines is 1. The van der Waals surface area contributed by atoms with Gasteiger partial charge in [-0.05, 0) is 37.9 Å². The Balaban J connectivity index is 1.82. The molecule has 2 atom stereocenters. The van der Waals surface area contributed by atoms with Gasteiger partial charge in [-0.1, -0.05) is 17.7 Å². The molecule has 1 aromatic carbocycles. The number of hydrogen-bond acceptors (Lipinski definition) is 3. The Morgan fingerprint density at radius 1 is 1.37 bits per heavy atom. The number of hydrogen-bond donors (Lipinski definition) is 3. The van der Waals surface area contributed by atoms with Crippen molar-refractivity contribution in [2.45, 2.75) is 25.8 Å². The van der Waals surface area contributed by atoms with Gasteiger partial charge in [0.25, 0.3) is 0 Å². The van der Waals surface area contributed by atoms with Crippen molar-refractivity contribution in [3.8, 4) is 0 Å². The topological polar surface area (TPSA) is 78.4 Å². The second kappa shape index (κ2) is 5.84. The molecule has 3 N–H and O–H groups in total. The highest BCUT2D eigenvalue weighted by atomic mass is 16.4. The molecule has 5 nitrogen and oxygen atoms in total. The van der Waals surface area contributed by atoms with Crippen molar-refractivity contribution in [3.63, 3.8) is 0 Å². The quantitative estimate of drug-likeness (QED) is 0.766. The molecule has 0 radical (unpaired) electrons. The molecule has 1 amide bonds. The van der Waals surface area contributed by atoms with E-state index in [2.05, 4.69) is 10.6 Å². The molecule has 2 unspecified atom stereocenters. The van der Waals surface area contributed by atoms with Crippen LogP contribution in [0.1, 0.15) is 18.4 Å². The van der Waals surface area contributed by atoms with Crippen molar-refractivity contribution in [1.82, 2.24) is 5.32 Å². The maximum atomic E-state index is 11.8. The second-order valence-corrected chi connectivity index (χ2v) is 5.02. The minimum Gasteiger partial charge on any atom is -0.480 e. The Hall–Kier alpha value is -1.88. The Morgan fingerprint density at radius 2 is 2.05 bits per heavy atom. The average molecular weight is 262 g/mol. The van der Waals surface area contributed by atoms with Gasteiger partial charge in [-0.15, -0.1) is 0 Å². The van der Waals surface area contributed by atoms with Crippen molar-refractivity contribution in [1.29, 1.82) is 0 Å². The van der Waals surface area contributed by atoms with Crippen LogP contribution in [-0.4, -0.2) is 29.6 Å². The highest BCUT2D eigenvalue weighted by Gasteiger charge is 2.30. The van der Waals surface area contributed by atoms with E-state index in [0.717, 1.165) is 11.3 Å². The molecule has 1 fully saturated rings. The predicted octanol–water partition coefficient (Wildman–Crippen LogP) is 1.39. The summed E-state index contributed by atoms with van der Waals surface area (Å²) in [4.78, 5) is 22.6. The minimum atomic E-state index is -0.846. The van der Waals surface area contributed by atoms with Crippen LogP contribution in [0.25, 0.3) is 0 Å². The highest BCUT2D eigenvalue weighted by molar-refractivity contribution is 5.91. The van der Waals surface area contributed by atoms with E-state index >= 15 is 0 Å². The van der Waals surface area contributed by atoms with Gasteiger partial charge in [0.15, 0.2) is 0 Å². The van der Waals surface area contributed by atoms with E-state index in [9.17, 15) is 9.59 Å². The Labute approximate surface area is 112 Å². The minimum absolute atomic E-state index is 0.0679. The summed E-state index contributed by atoms with van der Waals surface area (Å²) >= 11 is 0. The number of carbonyl (C=O) groups is 2. The summed E-state index contributed by atoms with van der Waals surface area (Å²) in [7, 11) is 0. The fourth-order valence-electron chi connectivity index (χ4n) is 2.26. The van der Waals surface area contributed by atoms with E-state index in [0.29, 0.717) is 19.4 Å². The standard InChI is InChI=1S/C14H18N2O3/c1-9-2-4-11(5-3-9)16-13(17)7-10-6-12(14(18)19)15-8-10/h2-5,10,12,15H,6-8H2,1H3,(H,16,17)(H,18,19). The summed E-state index contributed by atoms with van der Waals surface area (Å²) in [5.74, 6) is -0.824. The molecule has 102 valence electrons. The van der Waals surface area contributed by atoms with Crippen LogP contribution in [0.5, 0.6) is 0 Å². The molecule has 0 aromatic heterocycles. The van der Waals surface area contributed by atoms with Gasteiger partial charge in [-0.2, -0.15) is 0 Å².